The first kappa shape index (κ1) is 14.5. The van der Waals surface area contributed by atoms with Crippen molar-refractivity contribution < 1.29 is 14.3 Å². The zero-order chi connectivity index (χ0) is 14.7. The lowest BCUT2D eigenvalue weighted by atomic mass is 10.1. The Morgan fingerprint density at radius 2 is 2.25 bits per heavy atom. The van der Waals surface area contributed by atoms with Crippen LogP contribution in [0.3, 0.4) is 0 Å². The van der Waals surface area contributed by atoms with Crippen LogP contribution in [0.5, 0.6) is 0 Å². The molecule has 108 valence electrons. The molecule has 1 aliphatic rings. The fraction of sp³-hybridized carbons (Fsp3) is 0.500. The number of amides is 2. The minimum Gasteiger partial charge on any atom is -0.374 e. The van der Waals surface area contributed by atoms with Gasteiger partial charge in [0.25, 0.3) is 0 Å². The molecule has 2 N–H and O–H groups in total. The molecule has 2 heterocycles. The monoisotopic (exact) mass is 277 g/mol. The number of primary amides is 1. The van der Waals surface area contributed by atoms with Crippen molar-refractivity contribution in [3.8, 4) is 0 Å². The molecule has 0 unspecified atom stereocenters. The normalized spacial score (nSPS) is 22.6. The molecule has 20 heavy (non-hydrogen) atoms. The van der Waals surface area contributed by atoms with Gasteiger partial charge in [-0.25, -0.2) is 0 Å². The van der Waals surface area contributed by atoms with Gasteiger partial charge in [-0.2, -0.15) is 0 Å². The van der Waals surface area contributed by atoms with Gasteiger partial charge in [-0.1, -0.05) is 6.07 Å². The third-order valence-corrected chi connectivity index (χ3v) is 3.43. The second kappa shape index (κ2) is 6.00. The van der Waals surface area contributed by atoms with E-state index in [2.05, 4.69) is 4.98 Å². The number of carbonyl (C=O) groups is 2. The maximum absolute atomic E-state index is 12.3. The number of rotatable bonds is 3. The lowest BCUT2D eigenvalue weighted by Crippen LogP contribution is -2.58. The standard InChI is InChI=1S/C14H19N3O3/c1-9-3-4-11(8-16-9)7-12(18)17-5-6-20-10(2)13(17)14(15)19/h3-4,8,10,13H,5-7H2,1-2H3,(H2,15,19)/t10-,13+/m1/s1. The zero-order valence-electron chi connectivity index (χ0n) is 11.7. The summed E-state index contributed by atoms with van der Waals surface area (Å²) in [5, 5.41) is 0. The van der Waals surface area contributed by atoms with Crippen LogP contribution in [-0.4, -0.2) is 47.0 Å². The van der Waals surface area contributed by atoms with Gasteiger partial charge in [-0.3, -0.25) is 14.6 Å². The lowest BCUT2D eigenvalue weighted by Gasteiger charge is -2.38. The van der Waals surface area contributed by atoms with Gasteiger partial charge in [0.1, 0.15) is 6.04 Å². The van der Waals surface area contributed by atoms with E-state index in [9.17, 15) is 9.59 Å². The minimum absolute atomic E-state index is 0.130. The first-order valence-electron chi connectivity index (χ1n) is 6.61. The van der Waals surface area contributed by atoms with Gasteiger partial charge in [0.15, 0.2) is 0 Å². The van der Waals surface area contributed by atoms with Crippen LogP contribution in [0.4, 0.5) is 0 Å². The topological polar surface area (TPSA) is 85.5 Å². The van der Waals surface area contributed by atoms with Crippen molar-refractivity contribution >= 4 is 11.8 Å². The summed E-state index contributed by atoms with van der Waals surface area (Å²) < 4.78 is 5.39. The summed E-state index contributed by atoms with van der Waals surface area (Å²) in [7, 11) is 0. The Morgan fingerprint density at radius 3 is 2.85 bits per heavy atom. The number of morpholine rings is 1. The molecule has 2 rings (SSSR count). The maximum Gasteiger partial charge on any atom is 0.242 e. The summed E-state index contributed by atoms with van der Waals surface area (Å²) in [4.78, 5) is 29.5. The highest BCUT2D eigenvalue weighted by atomic mass is 16.5. The number of hydrogen-bond donors (Lipinski definition) is 1. The molecule has 0 aromatic carbocycles. The molecular weight excluding hydrogens is 258 g/mol. The highest BCUT2D eigenvalue weighted by molar-refractivity contribution is 5.88. The average molecular weight is 277 g/mol. The molecule has 6 heteroatoms. The Hall–Kier alpha value is -1.95. The van der Waals surface area contributed by atoms with Crippen molar-refractivity contribution in [1.82, 2.24) is 9.88 Å². The van der Waals surface area contributed by atoms with E-state index in [0.29, 0.717) is 13.2 Å². The minimum atomic E-state index is -0.699. The number of aromatic nitrogens is 1. The molecular formula is C14H19N3O3. The first-order chi connectivity index (χ1) is 9.49. The number of hydrogen-bond acceptors (Lipinski definition) is 4. The van der Waals surface area contributed by atoms with Gasteiger partial charge in [0.2, 0.25) is 11.8 Å². The maximum atomic E-state index is 12.3. The van der Waals surface area contributed by atoms with E-state index >= 15 is 0 Å². The predicted molar refractivity (Wildman–Crippen MR) is 72.8 cm³/mol. The van der Waals surface area contributed by atoms with Crippen LogP contribution in [0.15, 0.2) is 18.3 Å². The average Bonchev–Trinajstić information content (AvgIpc) is 2.40. The van der Waals surface area contributed by atoms with Crippen LogP contribution in [0.25, 0.3) is 0 Å². The van der Waals surface area contributed by atoms with Gasteiger partial charge >= 0.3 is 0 Å². The van der Waals surface area contributed by atoms with Crippen molar-refractivity contribution in [1.29, 1.82) is 0 Å². The summed E-state index contributed by atoms with van der Waals surface area (Å²) in [6.45, 7) is 4.44. The largest absolute Gasteiger partial charge is 0.374 e. The Kier molecular flexibility index (Phi) is 4.34. The van der Waals surface area contributed by atoms with Crippen LogP contribution < -0.4 is 5.73 Å². The Balaban J connectivity index is 2.10. The Bertz CT molecular complexity index is 501. The SMILES string of the molecule is Cc1ccc(CC(=O)N2CCO[C@H](C)[C@H]2C(N)=O)cn1. The molecule has 6 nitrogen and oxygen atoms in total. The third kappa shape index (κ3) is 3.14. The van der Waals surface area contributed by atoms with Crippen molar-refractivity contribution in [2.45, 2.75) is 32.4 Å². The van der Waals surface area contributed by atoms with Crippen LogP contribution >= 0.6 is 0 Å². The van der Waals surface area contributed by atoms with Crippen LogP contribution in [0, 0.1) is 6.92 Å². The smallest absolute Gasteiger partial charge is 0.242 e. The zero-order valence-corrected chi connectivity index (χ0v) is 11.7. The van der Waals surface area contributed by atoms with Crippen LogP contribution in [-0.2, 0) is 20.7 Å². The summed E-state index contributed by atoms with van der Waals surface area (Å²) in [5.74, 6) is -0.665. The van der Waals surface area contributed by atoms with E-state index in [1.807, 2.05) is 19.1 Å². The van der Waals surface area contributed by atoms with Crippen molar-refractivity contribution in [3.05, 3.63) is 29.6 Å². The summed E-state index contributed by atoms with van der Waals surface area (Å²) in [5.41, 5.74) is 7.10. The summed E-state index contributed by atoms with van der Waals surface area (Å²) in [6.07, 6.45) is 1.52. The number of nitrogens with two attached hydrogens (primary N) is 1. The molecule has 2 amide bonds. The number of nitrogens with zero attached hydrogens (tertiary/aromatic N) is 2. The Morgan fingerprint density at radius 1 is 1.50 bits per heavy atom. The quantitative estimate of drug-likeness (QED) is 0.845. The highest BCUT2D eigenvalue weighted by Crippen LogP contribution is 2.15. The van der Waals surface area contributed by atoms with Crippen molar-refractivity contribution in [3.63, 3.8) is 0 Å². The fourth-order valence-corrected chi connectivity index (χ4v) is 2.36. The van der Waals surface area contributed by atoms with E-state index < -0.39 is 11.9 Å². The van der Waals surface area contributed by atoms with Gasteiger partial charge in [-0.05, 0) is 25.5 Å². The highest BCUT2D eigenvalue weighted by Gasteiger charge is 2.36. The second-order valence-corrected chi connectivity index (χ2v) is 4.99. The molecule has 0 radical (unpaired) electrons. The number of aryl methyl sites for hydroxylation is 1. The number of ether oxygens (including phenoxy) is 1. The van der Waals surface area contributed by atoms with Gasteiger partial charge in [-0.15, -0.1) is 0 Å². The van der Waals surface area contributed by atoms with Crippen LogP contribution in [0.1, 0.15) is 18.2 Å². The molecule has 1 aliphatic heterocycles. The lowest BCUT2D eigenvalue weighted by molar-refractivity contribution is -0.152. The van der Waals surface area contributed by atoms with Gasteiger partial charge in [0, 0.05) is 18.4 Å². The molecule has 1 aromatic heterocycles. The fourth-order valence-electron chi connectivity index (χ4n) is 2.36. The Labute approximate surface area is 117 Å². The van der Waals surface area contributed by atoms with E-state index in [-0.39, 0.29) is 18.4 Å². The molecule has 1 saturated heterocycles. The molecule has 0 saturated carbocycles. The molecule has 1 aromatic rings. The summed E-state index contributed by atoms with van der Waals surface area (Å²) >= 11 is 0. The van der Waals surface area contributed by atoms with Gasteiger partial charge in [0.05, 0.1) is 19.1 Å². The van der Waals surface area contributed by atoms with E-state index in [4.69, 9.17) is 10.5 Å². The molecule has 0 aliphatic carbocycles. The molecule has 2 atom stereocenters. The summed E-state index contributed by atoms with van der Waals surface area (Å²) in [6, 6.07) is 3.02. The van der Waals surface area contributed by atoms with E-state index in [0.717, 1.165) is 11.3 Å². The van der Waals surface area contributed by atoms with Crippen molar-refractivity contribution in [2.24, 2.45) is 5.73 Å². The third-order valence-electron chi connectivity index (χ3n) is 3.43. The molecule has 0 spiro atoms. The first-order valence-corrected chi connectivity index (χ1v) is 6.61. The van der Waals surface area contributed by atoms with Gasteiger partial charge < -0.3 is 15.4 Å². The van der Waals surface area contributed by atoms with E-state index in [1.54, 1.807) is 13.1 Å². The van der Waals surface area contributed by atoms with E-state index in [1.165, 1.54) is 4.90 Å². The second-order valence-electron chi connectivity index (χ2n) is 4.99. The number of carbonyl (C=O) groups excluding carboxylic acids is 2. The van der Waals surface area contributed by atoms with Crippen LogP contribution in [0.2, 0.25) is 0 Å². The number of pyridine rings is 1. The predicted octanol–water partition coefficient (Wildman–Crippen LogP) is 0.0337. The molecule has 1 fully saturated rings. The van der Waals surface area contributed by atoms with Crippen molar-refractivity contribution in [2.75, 3.05) is 13.2 Å². The molecule has 0 bridgehead atoms.